The van der Waals surface area contributed by atoms with E-state index in [9.17, 15) is 4.79 Å². The topological polar surface area (TPSA) is 76.4 Å². The van der Waals surface area contributed by atoms with Gasteiger partial charge in [-0.3, -0.25) is 0 Å². The fourth-order valence-corrected chi connectivity index (χ4v) is 2.88. The molecule has 0 radical (unpaired) electrons. The summed E-state index contributed by atoms with van der Waals surface area (Å²) < 4.78 is 11.4. The van der Waals surface area contributed by atoms with Crippen LogP contribution in [0.15, 0.2) is 11.3 Å². The molecular weight excluding hydrogens is 350 g/mol. The van der Waals surface area contributed by atoms with Crippen molar-refractivity contribution >= 4 is 26.6 Å². The van der Waals surface area contributed by atoms with Crippen LogP contribution in [-0.2, 0) is 9.47 Å². The smallest absolute Gasteiger partial charge is 0.410 e. The molecule has 2 aliphatic rings. The summed E-state index contributed by atoms with van der Waals surface area (Å²) in [6.07, 6.45) is 1.42. The highest BCUT2D eigenvalue weighted by molar-refractivity contribution is 9.18. The van der Waals surface area contributed by atoms with E-state index in [2.05, 4.69) is 21.2 Å². The van der Waals surface area contributed by atoms with E-state index in [1.807, 2.05) is 20.8 Å². The third kappa shape index (κ3) is 4.71. The zero-order valence-electron chi connectivity index (χ0n) is 13.4. The second-order valence-corrected chi connectivity index (χ2v) is 7.52. The van der Waals surface area contributed by atoms with Gasteiger partial charge in [-0.1, -0.05) is 0 Å². The number of hydrogen-bond acceptors (Lipinski definition) is 4. The molecule has 6 nitrogen and oxygen atoms in total. The lowest BCUT2D eigenvalue weighted by atomic mass is 10.1. The number of nitrogens with zero attached hydrogens (tertiary/aromatic N) is 1. The molecule has 1 fully saturated rings. The highest BCUT2D eigenvalue weighted by atomic mass is 79.9. The van der Waals surface area contributed by atoms with Gasteiger partial charge in [0, 0.05) is 41.2 Å². The van der Waals surface area contributed by atoms with Crippen LogP contribution in [0, 0.1) is 0 Å². The first-order valence-electron chi connectivity index (χ1n) is 7.59. The Labute approximate surface area is 139 Å². The minimum Gasteiger partial charge on any atom is -0.444 e. The minimum atomic E-state index is -0.496. The molecule has 1 unspecified atom stereocenters. The fraction of sp³-hybridized carbons (Fsp3) is 0.733. The zero-order valence-corrected chi connectivity index (χ0v) is 15.0. The van der Waals surface area contributed by atoms with Crippen LogP contribution >= 0.6 is 15.9 Å². The largest absolute Gasteiger partial charge is 0.444 e. The Morgan fingerprint density at radius 2 is 2.23 bits per heavy atom. The summed E-state index contributed by atoms with van der Waals surface area (Å²) in [5.74, 6) is 0. The molecule has 1 atom stereocenters. The first-order valence-corrected chi connectivity index (χ1v) is 8.38. The maximum Gasteiger partial charge on any atom is 0.410 e. The van der Waals surface area contributed by atoms with E-state index in [1.54, 1.807) is 4.90 Å². The molecule has 0 aromatic carbocycles. The SMILES string of the molecule is CC(C)(C)OC(=O)N1CCC(NC2CCOC2)=C(C(=[NH2+])Br)C1. The number of hydrogen-bond donors (Lipinski definition) is 2. The van der Waals surface area contributed by atoms with E-state index in [4.69, 9.17) is 14.9 Å². The van der Waals surface area contributed by atoms with Crippen LogP contribution in [0.25, 0.3) is 0 Å². The summed E-state index contributed by atoms with van der Waals surface area (Å²) >= 11 is 3.35. The van der Waals surface area contributed by atoms with E-state index in [0.717, 1.165) is 37.3 Å². The van der Waals surface area contributed by atoms with Gasteiger partial charge in [0.1, 0.15) is 5.60 Å². The van der Waals surface area contributed by atoms with Crippen molar-refractivity contribution in [2.75, 3.05) is 26.3 Å². The number of ether oxygens (including phenoxy) is 2. The Morgan fingerprint density at radius 3 is 2.77 bits per heavy atom. The number of nitrogens with two attached hydrogens (primary N) is 1. The molecule has 7 heteroatoms. The standard InChI is InChI=1S/C15H24BrN3O3/c1-15(2,3)22-14(20)19-6-4-12(11(8-19)13(16)17)18-10-5-7-21-9-10/h10,17-18H,4-9H2,1-3H3/p+1. The second kappa shape index (κ2) is 7.00. The zero-order chi connectivity index (χ0) is 16.3. The molecular formula is C15H25BrN3O3+. The van der Waals surface area contributed by atoms with Gasteiger partial charge in [0.15, 0.2) is 0 Å². The quantitative estimate of drug-likeness (QED) is 0.716. The Kier molecular flexibility index (Phi) is 5.50. The van der Waals surface area contributed by atoms with Gasteiger partial charge < -0.3 is 19.7 Å². The van der Waals surface area contributed by atoms with Crippen molar-refractivity contribution < 1.29 is 19.7 Å². The molecule has 2 heterocycles. The van der Waals surface area contributed by atoms with E-state index < -0.39 is 5.60 Å². The molecule has 0 aromatic rings. The molecule has 0 aromatic heterocycles. The highest BCUT2D eigenvalue weighted by Gasteiger charge is 2.30. The molecule has 2 rings (SSSR count). The van der Waals surface area contributed by atoms with Crippen LogP contribution in [0.4, 0.5) is 4.79 Å². The minimum absolute atomic E-state index is 0.304. The first kappa shape index (κ1) is 17.3. The van der Waals surface area contributed by atoms with Crippen molar-refractivity contribution in [1.29, 1.82) is 0 Å². The number of carbonyl (C=O) groups is 1. The normalized spacial score (nSPS) is 22.7. The number of rotatable bonds is 3. The van der Waals surface area contributed by atoms with Crippen molar-refractivity contribution in [3.63, 3.8) is 0 Å². The van der Waals surface area contributed by atoms with Gasteiger partial charge in [0.05, 0.1) is 24.8 Å². The van der Waals surface area contributed by atoms with Crippen LogP contribution in [0.5, 0.6) is 0 Å². The van der Waals surface area contributed by atoms with Crippen LogP contribution in [0.3, 0.4) is 0 Å². The third-order valence-electron chi connectivity index (χ3n) is 3.59. The van der Waals surface area contributed by atoms with Crippen LogP contribution in [0.1, 0.15) is 33.6 Å². The van der Waals surface area contributed by atoms with Crippen LogP contribution in [-0.4, -0.2) is 53.6 Å². The van der Waals surface area contributed by atoms with E-state index >= 15 is 0 Å². The third-order valence-corrected chi connectivity index (χ3v) is 4.07. The number of nitrogens with one attached hydrogen (secondary N) is 1. The van der Waals surface area contributed by atoms with Gasteiger partial charge in [-0.15, -0.1) is 0 Å². The number of carbonyl (C=O) groups excluding carboxylic acids is 1. The van der Waals surface area contributed by atoms with Crippen molar-refractivity contribution in [3.8, 4) is 0 Å². The molecule has 0 saturated carbocycles. The fourth-order valence-electron chi connectivity index (χ4n) is 2.52. The van der Waals surface area contributed by atoms with Gasteiger partial charge in [-0.05, 0) is 27.2 Å². The summed E-state index contributed by atoms with van der Waals surface area (Å²) in [5.41, 5.74) is 1.51. The molecule has 0 bridgehead atoms. The van der Waals surface area contributed by atoms with Crippen molar-refractivity contribution in [2.45, 2.75) is 45.3 Å². The summed E-state index contributed by atoms with van der Waals surface area (Å²) in [6, 6.07) is 0.324. The summed E-state index contributed by atoms with van der Waals surface area (Å²) in [4.78, 5) is 13.9. The Hall–Kier alpha value is -1.08. The number of halogens is 1. The van der Waals surface area contributed by atoms with Crippen molar-refractivity contribution in [1.82, 2.24) is 10.2 Å². The van der Waals surface area contributed by atoms with Crippen LogP contribution < -0.4 is 10.7 Å². The van der Waals surface area contributed by atoms with Crippen LogP contribution in [0.2, 0.25) is 0 Å². The summed E-state index contributed by atoms with van der Waals surface area (Å²) in [6.45, 7) is 8.17. The lowest BCUT2D eigenvalue weighted by Crippen LogP contribution is -2.48. The lowest BCUT2D eigenvalue weighted by Gasteiger charge is -2.32. The van der Waals surface area contributed by atoms with E-state index in [1.165, 1.54) is 0 Å². The molecule has 124 valence electrons. The molecule has 3 N–H and O–H groups in total. The van der Waals surface area contributed by atoms with Crippen molar-refractivity contribution in [3.05, 3.63) is 11.3 Å². The summed E-state index contributed by atoms with van der Waals surface area (Å²) in [7, 11) is 0. The van der Waals surface area contributed by atoms with E-state index in [-0.39, 0.29) is 6.09 Å². The van der Waals surface area contributed by atoms with Gasteiger partial charge >= 0.3 is 6.09 Å². The highest BCUT2D eigenvalue weighted by Crippen LogP contribution is 2.22. The van der Waals surface area contributed by atoms with Crippen molar-refractivity contribution in [2.24, 2.45) is 0 Å². The Morgan fingerprint density at radius 1 is 1.50 bits per heavy atom. The molecule has 1 saturated heterocycles. The predicted molar refractivity (Wildman–Crippen MR) is 87.7 cm³/mol. The maximum atomic E-state index is 12.2. The molecule has 0 aliphatic carbocycles. The van der Waals surface area contributed by atoms with E-state index in [0.29, 0.717) is 23.8 Å². The second-order valence-electron chi connectivity index (χ2n) is 6.66. The average molecular weight is 375 g/mol. The molecule has 1 amide bonds. The Balaban J connectivity index is 2.05. The predicted octanol–water partition coefficient (Wildman–Crippen LogP) is 0.812. The van der Waals surface area contributed by atoms with Gasteiger partial charge in [0.25, 0.3) is 0 Å². The van der Waals surface area contributed by atoms with Gasteiger partial charge in [-0.25, -0.2) is 10.2 Å². The average Bonchev–Trinajstić information content (AvgIpc) is 2.89. The maximum absolute atomic E-state index is 12.2. The molecule has 2 aliphatic heterocycles. The number of amides is 1. The first-order chi connectivity index (χ1) is 10.3. The Bertz CT molecular complexity index is 479. The van der Waals surface area contributed by atoms with Gasteiger partial charge in [0.2, 0.25) is 4.62 Å². The monoisotopic (exact) mass is 374 g/mol. The lowest BCUT2D eigenvalue weighted by molar-refractivity contribution is -0.107. The molecule has 0 spiro atoms. The molecule has 22 heavy (non-hydrogen) atoms. The summed E-state index contributed by atoms with van der Waals surface area (Å²) in [5, 5.41) is 9.45. The van der Waals surface area contributed by atoms with Gasteiger partial charge in [-0.2, -0.15) is 0 Å².